The smallest absolute Gasteiger partial charge is 0.129 e. The van der Waals surface area contributed by atoms with E-state index in [2.05, 4.69) is 55.5 Å². The van der Waals surface area contributed by atoms with E-state index in [1.165, 1.54) is 28.8 Å². The van der Waals surface area contributed by atoms with Crippen LogP contribution in [0.4, 0.5) is 8.78 Å². The van der Waals surface area contributed by atoms with E-state index < -0.39 is 11.6 Å². The van der Waals surface area contributed by atoms with Crippen LogP contribution < -0.4 is 0 Å². The quantitative estimate of drug-likeness (QED) is 0.198. The summed E-state index contributed by atoms with van der Waals surface area (Å²) in [6, 6.07) is 29.7. The number of allylic oxidation sites excluding steroid dienone is 2. The minimum atomic E-state index is -0.481. The Hall–Kier alpha value is -3.52. The highest BCUT2D eigenvalue weighted by molar-refractivity contribution is 5.64. The highest BCUT2D eigenvalue weighted by atomic mass is 19.1. The van der Waals surface area contributed by atoms with Crippen LogP contribution in [-0.2, 0) is 25.7 Å². The van der Waals surface area contributed by atoms with Gasteiger partial charge in [0.05, 0.1) is 0 Å². The van der Waals surface area contributed by atoms with Gasteiger partial charge >= 0.3 is 0 Å². The van der Waals surface area contributed by atoms with Gasteiger partial charge in [-0.2, -0.15) is 0 Å². The van der Waals surface area contributed by atoms with Crippen LogP contribution in [0.1, 0.15) is 54.0 Å². The van der Waals surface area contributed by atoms with Crippen LogP contribution in [0.15, 0.2) is 103 Å². The molecule has 0 saturated heterocycles. The van der Waals surface area contributed by atoms with Crippen molar-refractivity contribution in [1.29, 1.82) is 0 Å². The zero-order valence-corrected chi connectivity index (χ0v) is 21.2. The minimum absolute atomic E-state index is 0.0368. The van der Waals surface area contributed by atoms with Crippen LogP contribution in [-0.4, -0.2) is 0 Å². The predicted octanol–water partition coefficient (Wildman–Crippen LogP) is 9.27. The van der Waals surface area contributed by atoms with Gasteiger partial charge in [-0.3, -0.25) is 0 Å². The second-order valence-corrected chi connectivity index (χ2v) is 9.56. The van der Waals surface area contributed by atoms with Gasteiger partial charge in [0.1, 0.15) is 11.6 Å². The maximum Gasteiger partial charge on any atom is 0.129 e. The number of hydrogen-bond donors (Lipinski definition) is 0. The fourth-order valence-electron chi connectivity index (χ4n) is 4.61. The lowest BCUT2D eigenvalue weighted by atomic mass is 9.92. The van der Waals surface area contributed by atoms with Crippen LogP contribution in [0.25, 0.3) is 11.1 Å². The van der Waals surface area contributed by atoms with Crippen molar-refractivity contribution in [3.05, 3.63) is 143 Å². The summed E-state index contributed by atoms with van der Waals surface area (Å²) in [6.45, 7) is 4.05. The van der Waals surface area contributed by atoms with Gasteiger partial charge < -0.3 is 0 Å². The second kappa shape index (κ2) is 12.4. The third kappa shape index (κ3) is 6.79. The number of halogens is 2. The molecule has 0 aliphatic heterocycles. The lowest BCUT2D eigenvalue weighted by molar-refractivity contribution is 0.544. The third-order valence-corrected chi connectivity index (χ3v) is 6.87. The monoisotopic (exact) mass is 480 g/mol. The third-order valence-electron chi connectivity index (χ3n) is 6.87. The molecule has 0 aliphatic rings. The molecule has 0 spiro atoms. The lowest BCUT2D eigenvalue weighted by Crippen LogP contribution is -2.04. The van der Waals surface area contributed by atoms with E-state index in [9.17, 15) is 8.78 Å². The molecule has 0 aromatic heterocycles. The first-order chi connectivity index (χ1) is 17.5. The van der Waals surface area contributed by atoms with Gasteiger partial charge in [-0.05, 0) is 90.5 Å². The normalized spacial score (nSPS) is 12.2. The summed E-state index contributed by atoms with van der Waals surface area (Å²) >= 11 is 0. The first-order valence-corrected chi connectivity index (χ1v) is 12.8. The molecule has 1 atom stereocenters. The molecule has 4 aromatic rings. The van der Waals surface area contributed by atoms with E-state index in [0.717, 1.165) is 36.8 Å². The van der Waals surface area contributed by atoms with Crippen LogP contribution >= 0.6 is 0 Å². The standard InChI is InChI=1S/C34H34F2/c1-3-4-6-9-26-12-14-27(15-13-26)16-17-28-18-20-30(21-19-28)31-23-33(35)32(34(36)24-31)22-25(2)29-10-7-5-8-11-29/h3-5,7-8,10-15,18-21,23-25H,6,9,16-17,22H2,1-2H3/t25-/m1/s1. The van der Waals surface area contributed by atoms with Gasteiger partial charge in [0, 0.05) is 5.56 Å². The summed E-state index contributed by atoms with van der Waals surface area (Å²) in [5.41, 5.74) is 6.52. The van der Waals surface area contributed by atoms with Crippen molar-refractivity contribution < 1.29 is 8.78 Å². The van der Waals surface area contributed by atoms with Crippen molar-refractivity contribution in [3.63, 3.8) is 0 Å². The molecule has 0 aliphatic carbocycles. The molecule has 0 radical (unpaired) electrons. The molecule has 0 nitrogen and oxygen atoms in total. The maximum atomic E-state index is 14.9. The van der Waals surface area contributed by atoms with Crippen molar-refractivity contribution in [2.24, 2.45) is 0 Å². The average Bonchev–Trinajstić information content (AvgIpc) is 2.91. The molecule has 0 bridgehead atoms. The number of aryl methyl sites for hydroxylation is 3. The van der Waals surface area contributed by atoms with E-state index in [0.29, 0.717) is 12.0 Å². The van der Waals surface area contributed by atoms with Crippen LogP contribution in [0.2, 0.25) is 0 Å². The summed E-state index contributed by atoms with van der Waals surface area (Å²) in [5.74, 6) is -0.924. The van der Waals surface area contributed by atoms with E-state index in [1.807, 2.05) is 49.4 Å². The zero-order valence-electron chi connectivity index (χ0n) is 21.2. The average molecular weight is 481 g/mol. The molecule has 0 saturated carbocycles. The maximum absolute atomic E-state index is 14.9. The van der Waals surface area contributed by atoms with Gasteiger partial charge in [-0.25, -0.2) is 8.78 Å². The van der Waals surface area contributed by atoms with Gasteiger partial charge in [-0.1, -0.05) is 97.9 Å². The fourth-order valence-corrected chi connectivity index (χ4v) is 4.61. The Bertz CT molecular complexity index is 1250. The molecule has 0 N–H and O–H groups in total. The topological polar surface area (TPSA) is 0 Å². The molecule has 4 aromatic carbocycles. The molecule has 36 heavy (non-hydrogen) atoms. The SMILES string of the molecule is CC=CCCc1ccc(CCc2ccc(-c3cc(F)c(C[C@@H](C)c4ccccc4)c(F)c3)cc2)cc1. The van der Waals surface area contributed by atoms with Gasteiger partial charge in [-0.15, -0.1) is 0 Å². The highest BCUT2D eigenvalue weighted by Crippen LogP contribution is 2.29. The van der Waals surface area contributed by atoms with Crippen molar-refractivity contribution in [3.8, 4) is 11.1 Å². The predicted molar refractivity (Wildman–Crippen MR) is 147 cm³/mol. The Kier molecular flexibility index (Phi) is 8.84. The summed E-state index contributed by atoms with van der Waals surface area (Å²) in [7, 11) is 0. The molecular weight excluding hydrogens is 446 g/mol. The number of benzene rings is 4. The van der Waals surface area contributed by atoms with Crippen LogP contribution in [0.3, 0.4) is 0 Å². The first kappa shape index (κ1) is 25.6. The Labute approximate surface area is 214 Å². The van der Waals surface area contributed by atoms with E-state index in [1.54, 1.807) is 0 Å². The van der Waals surface area contributed by atoms with Crippen LogP contribution in [0, 0.1) is 11.6 Å². The molecule has 0 amide bonds. The molecule has 184 valence electrons. The van der Waals surface area contributed by atoms with Gasteiger partial charge in [0.15, 0.2) is 0 Å². The summed E-state index contributed by atoms with van der Waals surface area (Å²) in [6.07, 6.45) is 8.66. The van der Waals surface area contributed by atoms with E-state index >= 15 is 0 Å². The minimum Gasteiger partial charge on any atom is -0.207 e. The zero-order chi connectivity index (χ0) is 25.3. The van der Waals surface area contributed by atoms with Crippen LogP contribution in [0.5, 0.6) is 0 Å². The number of rotatable bonds is 10. The van der Waals surface area contributed by atoms with Crippen molar-refractivity contribution in [1.82, 2.24) is 0 Å². The molecule has 4 rings (SSSR count). The Morgan fingerprint density at radius 3 is 1.75 bits per heavy atom. The summed E-state index contributed by atoms with van der Waals surface area (Å²) in [4.78, 5) is 0. The number of hydrogen-bond acceptors (Lipinski definition) is 0. The largest absolute Gasteiger partial charge is 0.207 e. The molecular formula is C34H34F2. The highest BCUT2D eigenvalue weighted by Gasteiger charge is 2.16. The lowest BCUT2D eigenvalue weighted by Gasteiger charge is -2.14. The summed E-state index contributed by atoms with van der Waals surface area (Å²) in [5, 5.41) is 0. The van der Waals surface area contributed by atoms with Crippen molar-refractivity contribution >= 4 is 0 Å². The van der Waals surface area contributed by atoms with E-state index in [-0.39, 0.29) is 11.5 Å². The second-order valence-electron chi connectivity index (χ2n) is 9.56. The Balaban J connectivity index is 1.38. The molecule has 0 unspecified atom stereocenters. The fraction of sp³-hybridized carbons (Fsp3) is 0.235. The molecule has 0 heterocycles. The summed E-state index contributed by atoms with van der Waals surface area (Å²) < 4.78 is 29.9. The Morgan fingerprint density at radius 2 is 1.19 bits per heavy atom. The van der Waals surface area contributed by atoms with Crippen molar-refractivity contribution in [2.75, 3.05) is 0 Å². The van der Waals surface area contributed by atoms with Gasteiger partial charge in [0.25, 0.3) is 0 Å². The van der Waals surface area contributed by atoms with Gasteiger partial charge in [0.2, 0.25) is 0 Å². The first-order valence-electron chi connectivity index (χ1n) is 12.8. The molecule has 2 heteroatoms. The van der Waals surface area contributed by atoms with Crippen molar-refractivity contribution in [2.45, 2.75) is 51.9 Å². The molecule has 0 fully saturated rings. The van der Waals surface area contributed by atoms with E-state index in [4.69, 9.17) is 0 Å². The Morgan fingerprint density at radius 1 is 0.667 bits per heavy atom.